The van der Waals surface area contributed by atoms with Crippen molar-refractivity contribution in [2.45, 2.75) is 31.4 Å². The molecule has 4 N–H and O–H groups in total. The van der Waals surface area contributed by atoms with Gasteiger partial charge in [0.25, 0.3) is 12.3 Å². The predicted molar refractivity (Wildman–Crippen MR) is 125 cm³/mol. The molecule has 2 amide bonds. The van der Waals surface area contributed by atoms with Crippen molar-refractivity contribution < 1.29 is 27.8 Å². The molecule has 2 aromatic rings. The van der Waals surface area contributed by atoms with Crippen molar-refractivity contribution in [3.63, 3.8) is 0 Å². The molecule has 1 fully saturated rings. The number of amides is 2. The number of nitrogens with one attached hydrogen (secondary N) is 2. The van der Waals surface area contributed by atoms with E-state index in [-0.39, 0.29) is 35.1 Å². The molecular weight excluding hydrogens is 460 g/mol. The lowest BCUT2D eigenvalue weighted by molar-refractivity contribution is -0.128. The van der Waals surface area contributed by atoms with Crippen LogP contribution in [0.5, 0.6) is 17.2 Å². The minimum atomic E-state index is -2.75. The molecule has 0 spiro atoms. The van der Waals surface area contributed by atoms with E-state index in [0.29, 0.717) is 24.3 Å². The Kier molecular flexibility index (Phi) is 8.13. The molecule has 0 unspecified atom stereocenters. The Bertz CT molecular complexity index is 1150. The van der Waals surface area contributed by atoms with Crippen molar-refractivity contribution in [1.82, 2.24) is 15.6 Å². The van der Waals surface area contributed by atoms with Crippen LogP contribution < -0.4 is 25.8 Å². The van der Waals surface area contributed by atoms with Crippen LogP contribution in [-0.2, 0) is 16.1 Å². The highest BCUT2D eigenvalue weighted by Crippen LogP contribution is 2.36. The number of aliphatic imine (C=N–C) groups is 1. The van der Waals surface area contributed by atoms with Crippen LogP contribution in [0, 0.1) is 0 Å². The molecule has 0 radical (unpaired) electrons. The summed E-state index contributed by atoms with van der Waals surface area (Å²) in [5.41, 5.74) is 4.74. The lowest BCUT2D eigenvalue weighted by Gasteiger charge is -2.17. The minimum Gasteiger partial charge on any atom is -0.497 e. The molecule has 11 heteroatoms. The van der Waals surface area contributed by atoms with Gasteiger partial charge in [0.2, 0.25) is 5.91 Å². The van der Waals surface area contributed by atoms with Crippen LogP contribution in [0.1, 0.15) is 30.5 Å². The van der Waals surface area contributed by atoms with Gasteiger partial charge in [-0.05, 0) is 43.2 Å². The number of nitrogens with zero attached hydrogens (tertiary/aromatic N) is 2. The van der Waals surface area contributed by atoms with Crippen molar-refractivity contribution in [2.24, 2.45) is 10.7 Å². The van der Waals surface area contributed by atoms with Gasteiger partial charge in [0.15, 0.2) is 0 Å². The van der Waals surface area contributed by atoms with Crippen LogP contribution in [0.2, 0.25) is 0 Å². The lowest BCUT2D eigenvalue weighted by atomic mass is 10.2. The van der Waals surface area contributed by atoms with E-state index in [0.717, 1.165) is 6.20 Å². The number of halogens is 2. The quantitative estimate of drug-likeness (QED) is 0.331. The van der Waals surface area contributed by atoms with Crippen LogP contribution in [0.15, 0.2) is 66.1 Å². The Morgan fingerprint density at radius 1 is 1.29 bits per heavy atom. The molecule has 0 atom stereocenters. The van der Waals surface area contributed by atoms with Gasteiger partial charge in [-0.3, -0.25) is 19.6 Å². The number of alkyl halides is 2. The monoisotopic (exact) mass is 485 g/mol. The molecule has 1 aromatic carbocycles. The molecule has 1 aliphatic carbocycles. The molecule has 1 aliphatic rings. The SMILES string of the molecule is C=C/N=C\C(=C/N)C(=O)NC1(C(=O)NCc2ccc(Oc3ccc(OC)cc3C(F)F)cn2)CC1. The second-order valence-electron chi connectivity index (χ2n) is 7.59. The Hall–Kier alpha value is -4.28. The van der Waals surface area contributed by atoms with Crippen molar-refractivity contribution in [3.8, 4) is 17.2 Å². The standard InChI is InChI=1S/C24H25F2N5O4/c1-3-28-12-15(11-27)22(32)31-24(8-9-24)23(33)30-13-16-4-5-18(14-29-16)35-20-7-6-17(34-2)10-19(20)21(25)26/h3-7,10-12,14,21H,1,8-9,13,27H2,2H3,(H,30,33)(H,31,32)/b15-11+,28-12-. The summed E-state index contributed by atoms with van der Waals surface area (Å²) in [5.74, 6) is -0.349. The van der Waals surface area contributed by atoms with Crippen LogP contribution >= 0.6 is 0 Å². The normalized spacial score (nSPS) is 14.5. The Morgan fingerprint density at radius 2 is 2.03 bits per heavy atom. The summed E-state index contributed by atoms with van der Waals surface area (Å²) in [6.07, 6.45) is 3.19. The number of ether oxygens (including phenoxy) is 2. The second-order valence-corrected chi connectivity index (χ2v) is 7.59. The smallest absolute Gasteiger partial charge is 0.267 e. The Balaban J connectivity index is 1.58. The van der Waals surface area contributed by atoms with E-state index >= 15 is 0 Å². The first-order valence-corrected chi connectivity index (χ1v) is 10.6. The van der Waals surface area contributed by atoms with Gasteiger partial charge in [-0.2, -0.15) is 0 Å². The molecule has 1 aromatic heterocycles. The minimum absolute atomic E-state index is 0.0147. The maximum Gasteiger partial charge on any atom is 0.267 e. The summed E-state index contributed by atoms with van der Waals surface area (Å²) in [6.45, 7) is 3.52. The van der Waals surface area contributed by atoms with Crippen LogP contribution in [0.3, 0.4) is 0 Å². The van der Waals surface area contributed by atoms with E-state index in [1.165, 1.54) is 43.9 Å². The Labute approximate surface area is 200 Å². The fourth-order valence-corrected chi connectivity index (χ4v) is 3.09. The summed E-state index contributed by atoms with van der Waals surface area (Å²) in [6, 6.07) is 7.28. The van der Waals surface area contributed by atoms with Crippen LogP contribution in [0.4, 0.5) is 8.78 Å². The van der Waals surface area contributed by atoms with E-state index < -0.39 is 17.9 Å². The van der Waals surface area contributed by atoms with Crippen LogP contribution in [0.25, 0.3) is 0 Å². The third-order valence-electron chi connectivity index (χ3n) is 5.21. The molecule has 0 saturated heterocycles. The number of carbonyl (C=O) groups excluding carboxylic acids is 2. The van der Waals surface area contributed by atoms with Crippen molar-refractivity contribution in [2.75, 3.05) is 7.11 Å². The molecule has 1 saturated carbocycles. The fourth-order valence-electron chi connectivity index (χ4n) is 3.09. The predicted octanol–water partition coefficient (Wildman–Crippen LogP) is 3.14. The molecule has 1 heterocycles. The lowest BCUT2D eigenvalue weighted by Crippen LogP contribution is -2.49. The number of rotatable bonds is 11. The van der Waals surface area contributed by atoms with Gasteiger partial charge in [0.05, 0.1) is 36.7 Å². The zero-order valence-corrected chi connectivity index (χ0v) is 19.0. The number of nitrogens with two attached hydrogens (primary N) is 1. The maximum absolute atomic E-state index is 13.3. The van der Waals surface area contributed by atoms with Gasteiger partial charge in [-0.25, -0.2) is 8.78 Å². The number of pyridine rings is 1. The highest BCUT2D eigenvalue weighted by Gasteiger charge is 2.51. The van der Waals surface area contributed by atoms with Crippen molar-refractivity contribution in [3.05, 3.63) is 72.3 Å². The highest BCUT2D eigenvalue weighted by molar-refractivity contribution is 6.13. The van der Waals surface area contributed by atoms with E-state index in [2.05, 4.69) is 27.2 Å². The zero-order chi connectivity index (χ0) is 25.4. The van der Waals surface area contributed by atoms with Gasteiger partial charge in [-0.1, -0.05) is 6.58 Å². The van der Waals surface area contributed by atoms with E-state index in [1.807, 2.05) is 0 Å². The summed E-state index contributed by atoms with van der Waals surface area (Å²) < 4.78 is 37.2. The van der Waals surface area contributed by atoms with Crippen LogP contribution in [-0.4, -0.2) is 35.7 Å². The second kappa shape index (κ2) is 11.2. The van der Waals surface area contributed by atoms with E-state index in [1.54, 1.807) is 12.1 Å². The molecule has 184 valence electrons. The third-order valence-corrected chi connectivity index (χ3v) is 5.21. The zero-order valence-electron chi connectivity index (χ0n) is 19.0. The molecular formula is C24H25F2N5O4. The van der Waals surface area contributed by atoms with E-state index in [4.69, 9.17) is 15.2 Å². The average Bonchev–Trinajstić information content (AvgIpc) is 3.64. The van der Waals surface area contributed by atoms with E-state index in [9.17, 15) is 18.4 Å². The summed E-state index contributed by atoms with van der Waals surface area (Å²) in [7, 11) is 1.39. The summed E-state index contributed by atoms with van der Waals surface area (Å²) >= 11 is 0. The summed E-state index contributed by atoms with van der Waals surface area (Å²) in [5, 5.41) is 5.43. The topological polar surface area (TPSA) is 128 Å². The number of hydrogen-bond donors (Lipinski definition) is 3. The van der Waals surface area contributed by atoms with Gasteiger partial charge in [-0.15, -0.1) is 0 Å². The third kappa shape index (κ3) is 6.40. The maximum atomic E-state index is 13.3. The number of aromatic nitrogens is 1. The average molecular weight is 485 g/mol. The molecule has 0 bridgehead atoms. The molecule has 35 heavy (non-hydrogen) atoms. The molecule has 9 nitrogen and oxygen atoms in total. The van der Waals surface area contributed by atoms with Gasteiger partial charge in [0.1, 0.15) is 22.8 Å². The van der Waals surface area contributed by atoms with Gasteiger partial charge >= 0.3 is 0 Å². The van der Waals surface area contributed by atoms with Crippen molar-refractivity contribution >= 4 is 18.0 Å². The van der Waals surface area contributed by atoms with Gasteiger partial charge < -0.3 is 25.8 Å². The number of carbonyl (C=O) groups is 2. The highest BCUT2D eigenvalue weighted by atomic mass is 19.3. The van der Waals surface area contributed by atoms with Gasteiger partial charge in [0, 0.05) is 18.6 Å². The first-order valence-electron chi connectivity index (χ1n) is 10.6. The first kappa shape index (κ1) is 25.3. The number of methoxy groups -OCH3 is 1. The largest absolute Gasteiger partial charge is 0.497 e. The fraction of sp³-hybridized carbons (Fsp3) is 0.250. The number of hydrogen-bond acceptors (Lipinski definition) is 7. The molecule has 3 rings (SSSR count). The molecule has 0 aliphatic heterocycles. The summed E-state index contributed by atoms with van der Waals surface area (Å²) in [4.78, 5) is 33.0. The number of benzene rings is 1. The first-order chi connectivity index (χ1) is 16.8. The Morgan fingerprint density at radius 3 is 2.60 bits per heavy atom. The van der Waals surface area contributed by atoms with Crippen molar-refractivity contribution in [1.29, 1.82) is 0 Å².